The molecule has 0 aliphatic rings. The largest absolute Gasteiger partial charge is 0.494 e. The molecule has 1 aromatic carbocycles. The van der Waals surface area contributed by atoms with Crippen LogP contribution in [0.2, 0.25) is 0 Å². The van der Waals surface area contributed by atoms with Crippen LogP contribution < -0.4 is 10.1 Å². The molecule has 2 heterocycles. The van der Waals surface area contributed by atoms with Crippen molar-refractivity contribution in [3.05, 3.63) is 52.7 Å². The first kappa shape index (κ1) is 15.9. The molecule has 0 fully saturated rings. The van der Waals surface area contributed by atoms with Crippen LogP contribution in [0.1, 0.15) is 11.8 Å². The summed E-state index contributed by atoms with van der Waals surface area (Å²) in [5, 5.41) is 12.2. The third-order valence-electron chi connectivity index (χ3n) is 3.01. The average Bonchev–Trinajstić information content (AvgIpc) is 3.26. The first-order chi connectivity index (χ1) is 11.7. The number of thiophene rings is 1. The maximum atomic E-state index is 11.8. The molecular weight excluding hydrogens is 326 g/mol. The Hall–Kier alpha value is -2.93. The first-order valence-corrected chi connectivity index (χ1v) is 8.22. The number of anilines is 1. The lowest BCUT2D eigenvalue weighted by atomic mass is 10.2. The molecule has 2 aromatic heterocycles. The Balaban J connectivity index is 1.63. The van der Waals surface area contributed by atoms with Crippen LogP contribution >= 0.6 is 11.3 Å². The minimum absolute atomic E-state index is 0.0553. The molecule has 0 aliphatic heterocycles. The van der Waals surface area contributed by atoms with E-state index in [1.54, 1.807) is 17.4 Å². The Bertz CT molecular complexity index is 823. The predicted molar refractivity (Wildman–Crippen MR) is 92.9 cm³/mol. The second kappa shape index (κ2) is 7.56. The van der Waals surface area contributed by atoms with Gasteiger partial charge in [-0.25, -0.2) is 0 Å². The zero-order valence-corrected chi connectivity index (χ0v) is 13.7. The van der Waals surface area contributed by atoms with Gasteiger partial charge in [0.15, 0.2) is 0 Å². The number of aromatic nitrogens is 2. The van der Waals surface area contributed by atoms with Gasteiger partial charge in [0.05, 0.1) is 6.61 Å². The van der Waals surface area contributed by atoms with Gasteiger partial charge in [-0.3, -0.25) is 10.1 Å². The van der Waals surface area contributed by atoms with Crippen molar-refractivity contribution in [2.75, 3.05) is 11.9 Å². The Morgan fingerprint density at radius 2 is 2.12 bits per heavy atom. The molecule has 0 atom stereocenters. The molecule has 0 saturated carbocycles. The Morgan fingerprint density at radius 1 is 1.29 bits per heavy atom. The maximum Gasteiger partial charge on any atom is 0.322 e. The highest BCUT2D eigenvalue weighted by molar-refractivity contribution is 7.10. The summed E-state index contributed by atoms with van der Waals surface area (Å²) in [5.41, 5.74) is 0.751. The predicted octanol–water partition coefficient (Wildman–Crippen LogP) is 3.85. The zero-order valence-electron chi connectivity index (χ0n) is 12.9. The molecule has 0 unspecified atom stereocenters. The van der Waals surface area contributed by atoms with Crippen molar-refractivity contribution in [3.63, 3.8) is 0 Å². The van der Waals surface area contributed by atoms with E-state index >= 15 is 0 Å². The lowest BCUT2D eigenvalue weighted by molar-refractivity contribution is -0.112. The number of nitrogens with one attached hydrogen (secondary N) is 1. The molecule has 7 heteroatoms. The van der Waals surface area contributed by atoms with Crippen molar-refractivity contribution in [1.82, 2.24) is 10.2 Å². The quantitative estimate of drug-likeness (QED) is 0.689. The summed E-state index contributed by atoms with van der Waals surface area (Å²) in [6.07, 6.45) is 3.15. The van der Waals surface area contributed by atoms with Gasteiger partial charge in [-0.05, 0) is 48.7 Å². The van der Waals surface area contributed by atoms with Crippen molar-refractivity contribution in [1.29, 1.82) is 0 Å². The van der Waals surface area contributed by atoms with Crippen LogP contribution in [-0.2, 0) is 4.79 Å². The van der Waals surface area contributed by atoms with E-state index in [-0.39, 0.29) is 11.9 Å². The number of nitrogens with zero attached hydrogens (tertiary/aromatic N) is 2. The maximum absolute atomic E-state index is 11.8. The van der Waals surface area contributed by atoms with Crippen LogP contribution in [0.15, 0.2) is 52.3 Å². The number of hydrogen-bond donors (Lipinski definition) is 1. The molecule has 1 amide bonds. The van der Waals surface area contributed by atoms with Crippen LogP contribution in [0, 0.1) is 0 Å². The van der Waals surface area contributed by atoms with Crippen molar-refractivity contribution in [3.8, 4) is 17.2 Å². The van der Waals surface area contributed by atoms with E-state index in [1.165, 1.54) is 6.08 Å². The number of benzene rings is 1. The molecule has 122 valence electrons. The van der Waals surface area contributed by atoms with Gasteiger partial charge in [-0.15, -0.1) is 16.4 Å². The molecule has 0 aliphatic carbocycles. The van der Waals surface area contributed by atoms with Gasteiger partial charge in [0.25, 0.3) is 5.91 Å². The Labute approximate surface area is 142 Å². The van der Waals surface area contributed by atoms with Crippen LogP contribution in [0.5, 0.6) is 5.75 Å². The van der Waals surface area contributed by atoms with E-state index in [1.807, 2.05) is 48.7 Å². The highest BCUT2D eigenvalue weighted by Crippen LogP contribution is 2.22. The van der Waals surface area contributed by atoms with Crippen LogP contribution in [-0.4, -0.2) is 22.7 Å². The van der Waals surface area contributed by atoms with E-state index < -0.39 is 0 Å². The van der Waals surface area contributed by atoms with E-state index in [2.05, 4.69) is 15.5 Å². The van der Waals surface area contributed by atoms with E-state index in [0.717, 1.165) is 16.2 Å². The number of amides is 1. The van der Waals surface area contributed by atoms with Crippen LogP contribution in [0.25, 0.3) is 17.5 Å². The fraction of sp³-hybridized carbons (Fsp3) is 0.118. The minimum atomic E-state index is -0.328. The monoisotopic (exact) mass is 341 g/mol. The highest BCUT2D eigenvalue weighted by Gasteiger charge is 2.10. The minimum Gasteiger partial charge on any atom is -0.494 e. The molecule has 3 aromatic rings. The van der Waals surface area contributed by atoms with Gasteiger partial charge in [-0.1, -0.05) is 11.2 Å². The van der Waals surface area contributed by atoms with Crippen molar-refractivity contribution >= 4 is 29.3 Å². The summed E-state index contributed by atoms with van der Waals surface area (Å²) in [5.74, 6) is 0.772. The van der Waals surface area contributed by atoms with Gasteiger partial charge in [0, 0.05) is 16.5 Å². The Morgan fingerprint density at radius 3 is 2.83 bits per heavy atom. The number of rotatable bonds is 6. The third-order valence-corrected chi connectivity index (χ3v) is 3.85. The van der Waals surface area contributed by atoms with E-state index in [4.69, 9.17) is 9.15 Å². The topological polar surface area (TPSA) is 77.3 Å². The van der Waals surface area contributed by atoms with Gasteiger partial charge >= 0.3 is 6.01 Å². The third kappa shape index (κ3) is 4.08. The molecule has 0 radical (unpaired) electrons. The standard InChI is InChI=1S/C17H15N3O3S/c1-2-22-13-7-5-12(6-8-13)16-19-20-17(23-16)18-15(21)10-9-14-4-3-11-24-14/h3-11H,2H2,1H3,(H,18,20,21). The molecule has 0 saturated heterocycles. The highest BCUT2D eigenvalue weighted by atomic mass is 32.1. The summed E-state index contributed by atoms with van der Waals surface area (Å²) in [6, 6.07) is 11.2. The van der Waals surface area contributed by atoms with Crippen molar-refractivity contribution in [2.45, 2.75) is 6.92 Å². The van der Waals surface area contributed by atoms with Gasteiger partial charge in [-0.2, -0.15) is 0 Å². The fourth-order valence-corrected chi connectivity index (χ4v) is 2.56. The number of ether oxygens (including phenoxy) is 1. The summed E-state index contributed by atoms with van der Waals surface area (Å²) in [7, 11) is 0. The summed E-state index contributed by atoms with van der Waals surface area (Å²) in [4.78, 5) is 12.8. The molecular formula is C17H15N3O3S. The van der Waals surface area contributed by atoms with E-state index in [9.17, 15) is 4.79 Å². The van der Waals surface area contributed by atoms with Crippen molar-refractivity contribution in [2.24, 2.45) is 0 Å². The number of hydrogen-bond acceptors (Lipinski definition) is 6. The molecule has 0 bridgehead atoms. The zero-order chi connectivity index (χ0) is 16.8. The van der Waals surface area contributed by atoms with Crippen molar-refractivity contribution < 1.29 is 13.9 Å². The Kier molecular flexibility index (Phi) is 5.02. The second-order valence-corrected chi connectivity index (χ2v) is 5.69. The summed E-state index contributed by atoms with van der Waals surface area (Å²) >= 11 is 1.55. The first-order valence-electron chi connectivity index (χ1n) is 7.34. The lowest BCUT2D eigenvalue weighted by Crippen LogP contribution is -2.07. The van der Waals surface area contributed by atoms with Gasteiger partial charge in [0.1, 0.15) is 5.75 Å². The average molecular weight is 341 g/mol. The van der Waals surface area contributed by atoms with E-state index in [0.29, 0.717) is 12.5 Å². The molecule has 1 N–H and O–H groups in total. The number of carbonyl (C=O) groups excluding carboxylic acids is 1. The SMILES string of the molecule is CCOc1ccc(-c2nnc(NC(=O)C=Cc3cccs3)o2)cc1. The second-order valence-electron chi connectivity index (χ2n) is 4.71. The fourth-order valence-electron chi connectivity index (χ4n) is 1.94. The molecule has 3 rings (SSSR count). The van der Waals surface area contributed by atoms with Gasteiger partial charge < -0.3 is 9.15 Å². The summed E-state index contributed by atoms with van der Waals surface area (Å²) in [6.45, 7) is 2.53. The lowest BCUT2D eigenvalue weighted by Gasteiger charge is -2.02. The molecule has 24 heavy (non-hydrogen) atoms. The molecule has 0 spiro atoms. The van der Waals surface area contributed by atoms with Gasteiger partial charge in [0.2, 0.25) is 5.89 Å². The van der Waals surface area contributed by atoms with Crippen LogP contribution in [0.3, 0.4) is 0 Å². The normalized spacial score (nSPS) is 10.9. The number of carbonyl (C=O) groups is 1. The smallest absolute Gasteiger partial charge is 0.322 e. The summed E-state index contributed by atoms with van der Waals surface area (Å²) < 4.78 is 10.8. The molecule has 6 nitrogen and oxygen atoms in total. The van der Waals surface area contributed by atoms with Crippen LogP contribution in [0.4, 0.5) is 6.01 Å².